The number of carboxylic acids is 2. The van der Waals surface area contributed by atoms with Crippen LogP contribution < -0.4 is 65.1 Å². The van der Waals surface area contributed by atoms with Crippen LogP contribution in [-0.2, 0) is 52.7 Å². The van der Waals surface area contributed by atoms with E-state index in [1.165, 1.54) is 0 Å². The third-order valence-corrected chi connectivity index (χ3v) is 10.6. The Hall–Kier alpha value is -6.02. The van der Waals surface area contributed by atoms with Crippen LogP contribution in [-0.4, -0.2) is 196 Å². The van der Waals surface area contributed by atoms with Gasteiger partial charge < -0.3 is 90.6 Å². The largest absolute Gasteiger partial charge is 0.481 e. The summed E-state index contributed by atoms with van der Waals surface area (Å²) in [5.74, 6) is -13.8. The molecule has 1 aliphatic rings. The molecule has 0 unspecified atom stereocenters. The molecule has 9 amide bonds. The van der Waals surface area contributed by atoms with Gasteiger partial charge in [0.1, 0.15) is 42.3 Å². The number of amides is 9. The first-order valence-electron chi connectivity index (χ1n) is 18.6. The minimum Gasteiger partial charge on any atom is -0.481 e. The average molecular weight is 940 g/mol. The number of aliphatic carboxylic acids is 2. The van der Waals surface area contributed by atoms with E-state index in [-0.39, 0.29) is 36.9 Å². The fourth-order valence-electron chi connectivity index (χ4n) is 4.80. The molecule has 1 fully saturated rings. The summed E-state index contributed by atoms with van der Waals surface area (Å²) in [6.45, 7) is -3.81. The Morgan fingerprint density at radius 1 is 0.619 bits per heavy atom. The van der Waals surface area contributed by atoms with Crippen molar-refractivity contribution in [1.29, 1.82) is 0 Å². The van der Waals surface area contributed by atoms with Gasteiger partial charge in [-0.25, -0.2) is 4.79 Å². The zero-order valence-electron chi connectivity index (χ0n) is 33.6. The van der Waals surface area contributed by atoms with Gasteiger partial charge in [0, 0.05) is 18.1 Å². The number of hydrogen-bond acceptors (Lipinski definition) is 18. The fraction of sp³-hybridized carbons (Fsp3) is 0.625. The number of aliphatic hydroxyl groups excluding tert-OH is 3. The van der Waals surface area contributed by atoms with Crippen LogP contribution in [0.1, 0.15) is 26.2 Å². The molecule has 63 heavy (non-hydrogen) atoms. The number of nitrogens with one attached hydrogen (secondary N) is 9. The Bertz CT molecular complexity index is 1710. The fourth-order valence-corrected chi connectivity index (χ4v) is 7.08. The molecule has 0 aliphatic carbocycles. The van der Waals surface area contributed by atoms with Gasteiger partial charge in [0.05, 0.1) is 45.4 Å². The monoisotopic (exact) mass is 939 g/mol. The van der Waals surface area contributed by atoms with Crippen molar-refractivity contribution in [3.05, 3.63) is 0 Å². The van der Waals surface area contributed by atoms with E-state index < -0.39 is 153 Å². The number of nitrogens with two attached hydrogens (primary N) is 3. The second kappa shape index (κ2) is 28.6. The molecule has 0 aromatic rings. The Morgan fingerprint density at radius 2 is 1.08 bits per heavy atom. The van der Waals surface area contributed by atoms with Crippen molar-refractivity contribution in [3.8, 4) is 0 Å². The van der Waals surface area contributed by atoms with E-state index in [4.69, 9.17) is 17.2 Å². The standard InChI is InChI=1S/C32H53N13O16S2/c1-13-24(53)42-18(9-47)29(58)44-19(10-48)30(59)45-20(31(60)61)12-63-62-11-14(33)25(54)41-15(3-2-4-36-32(34)35)26(55)37-7-22(50)40-16(5-23(51)52)28(57)43-17(8-46)27(56)38-6-21(49)39-13/h13-20,46-48H,2-12,33H2,1H3,(H,37,55)(H,38,56)(H,39,49)(H,40,50)(H,41,54)(H,42,53)(H,43,57)(H,44,58)(H,45,59)(H,51,52)(H,60,61)(H4,34,35,36)/t13-,14-,15-,16-,17-,18-,19-,20-/m0/s1. The van der Waals surface area contributed by atoms with Gasteiger partial charge in [0.15, 0.2) is 5.96 Å². The maximum absolute atomic E-state index is 13.2. The van der Waals surface area contributed by atoms with Crippen LogP contribution in [0.15, 0.2) is 4.99 Å². The van der Waals surface area contributed by atoms with E-state index in [1.807, 2.05) is 5.32 Å². The summed E-state index contributed by atoms with van der Waals surface area (Å²) in [4.78, 5) is 143. The molecule has 0 bridgehead atoms. The van der Waals surface area contributed by atoms with Gasteiger partial charge in [-0.3, -0.25) is 52.9 Å². The third kappa shape index (κ3) is 21.1. The van der Waals surface area contributed by atoms with Crippen molar-refractivity contribution in [2.45, 2.75) is 74.5 Å². The number of rotatable bonds is 10. The van der Waals surface area contributed by atoms with Crippen molar-refractivity contribution < 1.29 is 78.3 Å². The second-order valence-electron chi connectivity index (χ2n) is 13.3. The first-order valence-corrected chi connectivity index (χ1v) is 21.1. The number of guanidine groups is 1. The summed E-state index contributed by atoms with van der Waals surface area (Å²) in [6.07, 6.45) is -1.03. The SMILES string of the molecule is C[C@@H]1NC(=O)CNC(=O)[C@H](CO)NC(=O)[C@H](CC(=O)O)NC(=O)CNC(=O)[C@H](CCCN=C(N)N)NC(=O)[C@@H](N)CSSC[C@@H](C(=O)O)NC(=O)[C@H](CO)NC(=O)[C@H](CO)NC1=O. The predicted molar refractivity (Wildman–Crippen MR) is 219 cm³/mol. The molecule has 20 N–H and O–H groups in total. The quantitative estimate of drug-likeness (QED) is 0.0418. The molecule has 1 aliphatic heterocycles. The van der Waals surface area contributed by atoms with E-state index in [0.717, 1.165) is 28.5 Å². The van der Waals surface area contributed by atoms with Crippen LogP contribution in [0.5, 0.6) is 0 Å². The van der Waals surface area contributed by atoms with E-state index in [9.17, 15) is 78.3 Å². The van der Waals surface area contributed by atoms with Gasteiger partial charge in [-0.05, 0) is 19.8 Å². The highest BCUT2D eigenvalue weighted by Gasteiger charge is 2.32. The minimum absolute atomic E-state index is 0.0142. The van der Waals surface area contributed by atoms with Crippen LogP contribution in [0.4, 0.5) is 0 Å². The van der Waals surface area contributed by atoms with Gasteiger partial charge in [0.2, 0.25) is 53.2 Å². The normalized spacial score (nSPS) is 26.5. The summed E-state index contributed by atoms with van der Waals surface area (Å²) < 4.78 is 0. The van der Waals surface area contributed by atoms with E-state index in [2.05, 4.69) is 47.5 Å². The van der Waals surface area contributed by atoms with E-state index >= 15 is 0 Å². The molecule has 1 saturated heterocycles. The molecule has 0 spiro atoms. The lowest BCUT2D eigenvalue weighted by molar-refractivity contribution is -0.142. The number of carboxylic acid groups (broad SMARTS) is 2. The van der Waals surface area contributed by atoms with Crippen molar-refractivity contribution in [3.63, 3.8) is 0 Å². The summed E-state index contributed by atoms with van der Waals surface area (Å²) in [7, 11) is 1.74. The maximum Gasteiger partial charge on any atom is 0.327 e. The van der Waals surface area contributed by atoms with Gasteiger partial charge in [0.25, 0.3) is 0 Å². The number of carbonyl (C=O) groups excluding carboxylic acids is 9. The lowest BCUT2D eigenvalue weighted by atomic mass is 10.1. The zero-order valence-corrected chi connectivity index (χ0v) is 35.3. The Kier molecular flexibility index (Phi) is 24.9. The van der Waals surface area contributed by atoms with Gasteiger partial charge in [-0.15, -0.1) is 0 Å². The predicted octanol–water partition coefficient (Wildman–Crippen LogP) is -10.1. The summed E-state index contributed by atoms with van der Waals surface area (Å²) in [5.41, 5.74) is 16.7. The molecule has 0 aromatic heterocycles. The molecule has 1 rings (SSSR count). The number of aliphatic hydroxyl groups is 3. The molecule has 0 aromatic carbocycles. The van der Waals surface area contributed by atoms with Crippen molar-refractivity contribution in [2.75, 3.05) is 51.0 Å². The molecule has 0 saturated carbocycles. The first kappa shape index (κ1) is 55.0. The maximum atomic E-state index is 13.2. The average Bonchev–Trinajstić information content (AvgIpc) is 3.22. The highest BCUT2D eigenvalue weighted by Crippen LogP contribution is 2.23. The lowest BCUT2D eigenvalue weighted by Gasteiger charge is -2.24. The highest BCUT2D eigenvalue weighted by atomic mass is 33.1. The summed E-state index contributed by atoms with van der Waals surface area (Å²) in [5, 5.41) is 67.6. The number of nitrogens with zero attached hydrogens (tertiary/aromatic N) is 1. The van der Waals surface area contributed by atoms with Gasteiger partial charge in [-0.1, -0.05) is 21.6 Å². The Morgan fingerprint density at radius 3 is 1.60 bits per heavy atom. The van der Waals surface area contributed by atoms with Crippen LogP contribution in [0.2, 0.25) is 0 Å². The van der Waals surface area contributed by atoms with E-state index in [1.54, 1.807) is 0 Å². The molecule has 354 valence electrons. The molecule has 0 radical (unpaired) electrons. The zero-order chi connectivity index (χ0) is 47.8. The van der Waals surface area contributed by atoms with Crippen LogP contribution >= 0.6 is 21.6 Å². The molecule has 1 heterocycles. The van der Waals surface area contributed by atoms with Crippen molar-refractivity contribution in [2.24, 2.45) is 22.2 Å². The van der Waals surface area contributed by atoms with Crippen LogP contribution in [0.3, 0.4) is 0 Å². The Balaban J connectivity index is 3.39. The van der Waals surface area contributed by atoms with Crippen molar-refractivity contribution in [1.82, 2.24) is 47.9 Å². The minimum atomic E-state index is -1.88. The third-order valence-electron chi connectivity index (χ3n) is 8.19. The number of hydrogen-bond donors (Lipinski definition) is 17. The lowest BCUT2D eigenvalue weighted by Crippen LogP contribution is -2.59. The molecule has 29 nitrogen and oxygen atoms in total. The molecule has 31 heteroatoms. The van der Waals surface area contributed by atoms with E-state index in [0.29, 0.717) is 0 Å². The van der Waals surface area contributed by atoms with Crippen LogP contribution in [0, 0.1) is 0 Å². The summed E-state index contributed by atoms with van der Waals surface area (Å²) in [6, 6.07) is -13.0. The second-order valence-corrected chi connectivity index (χ2v) is 15.8. The molecule has 8 atom stereocenters. The molecular formula is C32H53N13O16S2. The number of aliphatic imine (C=N–C) groups is 1. The topological polar surface area (TPSA) is 488 Å². The highest BCUT2D eigenvalue weighted by molar-refractivity contribution is 8.76. The van der Waals surface area contributed by atoms with Crippen LogP contribution in [0.25, 0.3) is 0 Å². The smallest absolute Gasteiger partial charge is 0.327 e. The summed E-state index contributed by atoms with van der Waals surface area (Å²) >= 11 is 0. The van der Waals surface area contributed by atoms with Crippen molar-refractivity contribution >= 4 is 92.7 Å². The van der Waals surface area contributed by atoms with Gasteiger partial charge in [-0.2, -0.15) is 0 Å². The van der Waals surface area contributed by atoms with Gasteiger partial charge >= 0.3 is 11.9 Å². The first-order chi connectivity index (χ1) is 29.6. The molecular weight excluding hydrogens is 887 g/mol. The Labute approximate surface area is 365 Å². The number of carbonyl (C=O) groups is 11.